The number of rotatable bonds is 4. The van der Waals surface area contributed by atoms with Crippen molar-refractivity contribution in [2.75, 3.05) is 6.54 Å². The van der Waals surface area contributed by atoms with Crippen LogP contribution in [0.15, 0.2) is 12.1 Å². The molecule has 5 nitrogen and oxygen atoms in total. The number of β-amino-alcohol motifs (C(OH)–C–C–N with tert-alkyl or cyclic N) is 1. The van der Waals surface area contributed by atoms with Gasteiger partial charge in [-0.05, 0) is 29.0 Å². The Bertz CT molecular complexity index is 615. The highest BCUT2D eigenvalue weighted by Crippen LogP contribution is 2.34. The van der Waals surface area contributed by atoms with Crippen molar-refractivity contribution in [3.8, 4) is 5.75 Å². The summed E-state index contributed by atoms with van der Waals surface area (Å²) in [5, 5.41) is 20.5. The van der Waals surface area contributed by atoms with E-state index >= 15 is 0 Å². The van der Waals surface area contributed by atoms with Crippen LogP contribution in [-0.2, 0) is 21.4 Å². The number of aryl methyl sites for hydroxylation is 1. The SMILES string of the molecule is Cc1cc(CC(O)CN2C(=O)CCC2=O)cc(C(C)(C)C)c1O. The molecular formula is C18H25NO4. The van der Waals surface area contributed by atoms with Gasteiger partial charge in [-0.3, -0.25) is 14.5 Å². The molecule has 2 amide bonds. The molecule has 0 aliphatic carbocycles. The lowest BCUT2D eigenvalue weighted by Crippen LogP contribution is -2.37. The van der Waals surface area contributed by atoms with E-state index < -0.39 is 6.10 Å². The number of likely N-dealkylation sites (tertiary alicyclic amines) is 1. The van der Waals surface area contributed by atoms with Gasteiger partial charge < -0.3 is 10.2 Å². The molecule has 0 aromatic heterocycles. The molecule has 5 heteroatoms. The molecule has 2 N–H and O–H groups in total. The standard InChI is InChI=1S/C18H25NO4/c1-11-7-12(9-14(17(11)23)18(2,3)4)8-13(20)10-19-15(21)5-6-16(19)22/h7,9,13,20,23H,5-6,8,10H2,1-4H3. The normalized spacial score (nSPS) is 17.0. The summed E-state index contributed by atoms with van der Waals surface area (Å²) in [7, 11) is 0. The van der Waals surface area contributed by atoms with Gasteiger partial charge in [0.25, 0.3) is 0 Å². The molecule has 1 aliphatic heterocycles. The van der Waals surface area contributed by atoms with Gasteiger partial charge in [0, 0.05) is 19.3 Å². The predicted molar refractivity (Wildman–Crippen MR) is 87.2 cm³/mol. The maximum absolute atomic E-state index is 11.6. The summed E-state index contributed by atoms with van der Waals surface area (Å²) >= 11 is 0. The van der Waals surface area contributed by atoms with Gasteiger partial charge in [-0.1, -0.05) is 32.9 Å². The number of imide groups is 1. The molecule has 0 spiro atoms. The fourth-order valence-corrected chi connectivity index (χ4v) is 2.92. The molecule has 1 atom stereocenters. The Labute approximate surface area is 136 Å². The number of phenolic OH excluding ortho intramolecular Hbond substituents is 1. The molecule has 1 fully saturated rings. The fraction of sp³-hybridized carbons (Fsp3) is 0.556. The largest absolute Gasteiger partial charge is 0.507 e. The monoisotopic (exact) mass is 319 g/mol. The van der Waals surface area contributed by atoms with E-state index in [0.29, 0.717) is 6.42 Å². The van der Waals surface area contributed by atoms with Crippen LogP contribution >= 0.6 is 0 Å². The lowest BCUT2D eigenvalue weighted by molar-refractivity contribution is -0.139. The van der Waals surface area contributed by atoms with Gasteiger partial charge in [0.05, 0.1) is 12.6 Å². The van der Waals surface area contributed by atoms with Crippen molar-refractivity contribution in [2.45, 2.75) is 58.5 Å². The third kappa shape index (κ3) is 3.91. The molecule has 0 bridgehead atoms. The Morgan fingerprint density at radius 1 is 1.17 bits per heavy atom. The fourth-order valence-electron chi connectivity index (χ4n) is 2.92. The minimum absolute atomic E-state index is 0.0302. The topological polar surface area (TPSA) is 77.8 Å². The van der Waals surface area contributed by atoms with E-state index in [4.69, 9.17) is 0 Å². The summed E-state index contributed by atoms with van der Waals surface area (Å²) in [5.41, 5.74) is 2.26. The van der Waals surface area contributed by atoms with Crippen molar-refractivity contribution in [1.29, 1.82) is 0 Å². The Kier molecular flexibility index (Phi) is 4.80. The molecule has 0 saturated carbocycles. The first kappa shape index (κ1) is 17.5. The predicted octanol–water partition coefficient (Wildman–Crippen LogP) is 2.05. The van der Waals surface area contributed by atoms with Gasteiger partial charge in [0.1, 0.15) is 5.75 Å². The molecule has 1 aliphatic rings. The minimum Gasteiger partial charge on any atom is -0.507 e. The zero-order valence-electron chi connectivity index (χ0n) is 14.2. The lowest BCUT2D eigenvalue weighted by Gasteiger charge is -2.24. The first-order chi connectivity index (χ1) is 10.6. The molecule has 0 radical (unpaired) electrons. The highest BCUT2D eigenvalue weighted by molar-refractivity contribution is 6.01. The van der Waals surface area contributed by atoms with Crippen LogP contribution in [0.1, 0.15) is 50.3 Å². The highest BCUT2D eigenvalue weighted by Gasteiger charge is 2.30. The second kappa shape index (κ2) is 6.32. The number of amides is 2. The van der Waals surface area contributed by atoms with Gasteiger partial charge in [-0.25, -0.2) is 0 Å². The van der Waals surface area contributed by atoms with Crippen molar-refractivity contribution in [3.05, 3.63) is 28.8 Å². The minimum atomic E-state index is -0.808. The van der Waals surface area contributed by atoms with E-state index in [0.717, 1.165) is 21.6 Å². The Balaban J connectivity index is 2.15. The summed E-state index contributed by atoms with van der Waals surface area (Å²) < 4.78 is 0. The van der Waals surface area contributed by atoms with Gasteiger partial charge >= 0.3 is 0 Å². The van der Waals surface area contributed by atoms with Crippen LogP contribution in [0, 0.1) is 6.92 Å². The Morgan fingerprint density at radius 2 is 1.74 bits per heavy atom. The zero-order valence-corrected chi connectivity index (χ0v) is 14.2. The van der Waals surface area contributed by atoms with Gasteiger partial charge in [0.15, 0.2) is 0 Å². The molecule has 1 heterocycles. The molecule has 2 rings (SSSR count). The number of nitrogens with zero attached hydrogens (tertiary/aromatic N) is 1. The summed E-state index contributed by atoms with van der Waals surface area (Å²) in [6.07, 6.45) is -0.00471. The summed E-state index contributed by atoms with van der Waals surface area (Å²) in [5.74, 6) is -0.154. The highest BCUT2D eigenvalue weighted by atomic mass is 16.3. The van der Waals surface area contributed by atoms with E-state index in [9.17, 15) is 19.8 Å². The van der Waals surface area contributed by atoms with Gasteiger partial charge in [0.2, 0.25) is 11.8 Å². The third-order valence-electron chi connectivity index (χ3n) is 4.19. The lowest BCUT2D eigenvalue weighted by atomic mass is 9.83. The molecule has 23 heavy (non-hydrogen) atoms. The number of carbonyl (C=O) groups excluding carboxylic acids is 2. The molecule has 1 aromatic carbocycles. The first-order valence-corrected chi connectivity index (χ1v) is 7.94. The van der Waals surface area contributed by atoms with Crippen molar-refractivity contribution in [2.24, 2.45) is 0 Å². The molecular weight excluding hydrogens is 294 g/mol. The van der Waals surface area contributed by atoms with E-state index in [-0.39, 0.29) is 42.4 Å². The number of aliphatic hydroxyl groups excluding tert-OH is 1. The summed E-state index contributed by atoms with van der Waals surface area (Å²) in [6.45, 7) is 7.91. The number of aliphatic hydroxyl groups is 1. The van der Waals surface area contributed by atoms with Crippen molar-refractivity contribution in [1.82, 2.24) is 4.90 Å². The van der Waals surface area contributed by atoms with Crippen molar-refractivity contribution in [3.63, 3.8) is 0 Å². The zero-order chi connectivity index (χ0) is 17.4. The van der Waals surface area contributed by atoms with Crippen LogP contribution < -0.4 is 0 Å². The number of hydrogen-bond donors (Lipinski definition) is 2. The van der Waals surface area contributed by atoms with Crippen LogP contribution in [0.3, 0.4) is 0 Å². The van der Waals surface area contributed by atoms with Crippen LogP contribution in [0.5, 0.6) is 5.75 Å². The maximum Gasteiger partial charge on any atom is 0.229 e. The van der Waals surface area contributed by atoms with Crippen LogP contribution in [-0.4, -0.2) is 39.6 Å². The molecule has 1 aromatic rings. The molecule has 1 unspecified atom stereocenters. The smallest absolute Gasteiger partial charge is 0.229 e. The summed E-state index contributed by atoms with van der Waals surface area (Å²) in [4.78, 5) is 24.4. The van der Waals surface area contributed by atoms with E-state index in [1.807, 2.05) is 39.8 Å². The van der Waals surface area contributed by atoms with Crippen LogP contribution in [0.25, 0.3) is 0 Å². The van der Waals surface area contributed by atoms with E-state index in [1.54, 1.807) is 0 Å². The number of aromatic hydroxyl groups is 1. The number of carbonyl (C=O) groups is 2. The second-order valence-corrected chi connectivity index (χ2v) is 7.31. The van der Waals surface area contributed by atoms with Gasteiger partial charge in [-0.2, -0.15) is 0 Å². The Hall–Kier alpha value is -1.88. The average Bonchev–Trinajstić information content (AvgIpc) is 2.73. The quantitative estimate of drug-likeness (QED) is 0.833. The van der Waals surface area contributed by atoms with Crippen molar-refractivity contribution < 1.29 is 19.8 Å². The number of hydrogen-bond acceptors (Lipinski definition) is 4. The van der Waals surface area contributed by atoms with E-state index in [1.165, 1.54) is 0 Å². The third-order valence-corrected chi connectivity index (χ3v) is 4.19. The van der Waals surface area contributed by atoms with Crippen LogP contribution in [0.2, 0.25) is 0 Å². The number of benzene rings is 1. The second-order valence-electron chi connectivity index (χ2n) is 7.31. The van der Waals surface area contributed by atoms with Crippen molar-refractivity contribution >= 4 is 11.8 Å². The number of phenols is 1. The average molecular weight is 319 g/mol. The molecule has 126 valence electrons. The molecule has 1 saturated heterocycles. The van der Waals surface area contributed by atoms with E-state index in [2.05, 4.69) is 0 Å². The maximum atomic E-state index is 11.6. The Morgan fingerprint density at radius 3 is 2.26 bits per heavy atom. The van der Waals surface area contributed by atoms with Crippen LogP contribution in [0.4, 0.5) is 0 Å². The first-order valence-electron chi connectivity index (χ1n) is 7.94. The van der Waals surface area contributed by atoms with Gasteiger partial charge in [-0.15, -0.1) is 0 Å². The summed E-state index contributed by atoms with van der Waals surface area (Å²) in [6, 6.07) is 3.72.